The van der Waals surface area contributed by atoms with Crippen molar-refractivity contribution < 1.29 is 29.3 Å². The van der Waals surface area contributed by atoms with E-state index in [1.165, 1.54) is 7.11 Å². The zero-order valence-electron chi connectivity index (χ0n) is 14.7. The van der Waals surface area contributed by atoms with Gasteiger partial charge in [-0.3, -0.25) is 4.79 Å². The molecule has 9 heteroatoms. The number of nitrogens with one attached hydrogen (secondary N) is 2. The molecule has 1 saturated heterocycles. The first kappa shape index (κ1) is 19.5. The molecule has 2 rings (SSSR count). The molecule has 3 amide bonds. The Hall–Kier alpha value is -2.81. The smallest absolute Gasteiger partial charge is 0.337 e. The molecule has 1 aromatic carbocycles. The van der Waals surface area contributed by atoms with Gasteiger partial charge in [0.25, 0.3) is 0 Å². The van der Waals surface area contributed by atoms with Crippen LogP contribution < -0.4 is 20.3 Å². The molecule has 0 bridgehead atoms. The molecular weight excluding hydrogens is 342 g/mol. The summed E-state index contributed by atoms with van der Waals surface area (Å²) in [4.78, 5) is 36.6. The van der Waals surface area contributed by atoms with Gasteiger partial charge in [0.2, 0.25) is 5.91 Å². The second-order valence-electron chi connectivity index (χ2n) is 6.28. The molecule has 1 aliphatic rings. The van der Waals surface area contributed by atoms with Crippen LogP contribution in [0.5, 0.6) is 5.75 Å². The Morgan fingerprint density at radius 2 is 2.08 bits per heavy atom. The summed E-state index contributed by atoms with van der Waals surface area (Å²) in [5.74, 6) is -0.929. The molecule has 0 saturated carbocycles. The number of piperidine rings is 1. The lowest BCUT2D eigenvalue weighted by Gasteiger charge is -2.28. The maximum absolute atomic E-state index is 12.2. The number of aliphatic hydroxyl groups is 1. The maximum atomic E-state index is 12.2. The number of methoxy groups -OCH3 is 1. The molecule has 26 heavy (non-hydrogen) atoms. The van der Waals surface area contributed by atoms with Gasteiger partial charge in [0.05, 0.1) is 19.3 Å². The summed E-state index contributed by atoms with van der Waals surface area (Å²) in [7, 11) is 1.50. The van der Waals surface area contributed by atoms with Gasteiger partial charge < -0.3 is 30.5 Å². The largest absolute Gasteiger partial charge is 0.495 e. The maximum Gasteiger partial charge on any atom is 0.337 e. The zero-order valence-corrected chi connectivity index (χ0v) is 14.7. The van der Waals surface area contributed by atoms with Crippen molar-refractivity contribution in [2.24, 2.45) is 0 Å². The molecule has 1 atom stereocenters. The lowest BCUT2D eigenvalue weighted by atomic mass is 10.1. The van der Waals surface area contributed by atoms with Crippen LogP contribution in [0.3, 0.4) is 0 Å². The topological polar surface area (TPSA) is 128 Å². The van der Waals surface area contributed by atoms with Crippen LogP contribution in [-0.2, 0) is 9.59 Å². The van der Waals surface area contributed by atoms with Crippen molar-refractivity contribution in [2.75, 3.05) is 30.4 Å². The van der Waals surface area contributed by atoms with E-state index in [2.05, 4.69) is 10.6 Å². The number of hydrogen-bond acceptors (Lipinski definition) is 5. The van der Waals surface area contributed by atoms with Crippen LogP contribution in [0.4, 0.5) is 16.2 Å². The number of carbonyl (C=O) groups is 3. The van der Waals surface area contributed by atoms with Crippen LogP contribution in [0.2, 0.25) is 0 Å². The Morgan fingerprint density at radius 3 is 2.69 bits per heavy atom. The van der Waals surface area contributed by atoms with E-state index in [4.69, 9.17) is 9.84 Å². The summed E-state index contributed by atoms with van der Waals surface area (Å²) in [5, 5.41) is 23.3. The third kappa shape index (κ3) is 4.63. The molecule has 0 radical (unpaired) electrons. The van der Waals surface area contributed by atoms with Crippen molar-refractivity contribution in [1.29, 1.82) is 0 Å². The Kier molecular flexibility index (Phi) is 6.04. The van der Waals surface area contributed by atoms with Crippen molar-refractivity contribution in [1.82, 2.24) is 5.32 Å². The van der Waals surface area contributed by atoms with Gasteiger partial charge >= 0.3 is 12.0 Å². The van der Waals surface area contributed by atoms with Crippen molar-refractivity contribution >= 4 is 29.3 Å². The summed E-state index contributed by atoms with van der Waals surface area (Å²) < 4.78 is 5.30. The number of hydrogen-bond donors (Lipinski definition) is 4. The molecule has 1 aliphatic heterocycles. The van der Waals surface area contributed by atoms with E-state index < -0.39 is 24.1 Å². The average molecular weight is 365 g/mol. The SMILES string of the molecule is COc1ccc(NC(=O)NCC(C)(O)C(=O)O)cc1N1CCCCC1=O. The Labute approximate surface area is 150 Å². The van der Waals surface area contributed by atoms with Crippen LogP contribution in [0.15, 0.2) is 18.2 Å². The van der Waals surface area contributed by atoms with E-state index in [1.807, 2.05) is 0 Å². The third-order valence-electron chi connectivity index (χ3n) is 4.10. The summed E-state index contributed by atoms with van der Waals surface area (Å²) in [6.07, 6.45) is 2.20. The molecule has 4 N–H and O–H groups in total. The minimum Gasteiger partial charge on any atom is -0.495 e. The number of carbonyl (C=O) groups excluding carboxylic acids is 2. The van der Waals surface area contributed by atoms with E-state index in [1.54, 1.807) is 23.1 Å². The van der Waals surface area contributed by atoms with E-state index in [-0.39, 0.29) is 5.91 Å². The molecular formula is C17H23N3O6. The summed E-state index contributed by atoms with van der Waals surface area (Å²) in [6.45, 7) is 1.21. The van der Waals surface area contributed by atoms with Crippen molar-refractivity contribution in [3.05, 3.63) is 18.2 Å². The van der Waals surface area contributed by atoms with E-state index in [9.17, 15) is 19.5 Å². The number of rotatable bonds is 6. The normalized spacial score (nSPS) is 16.6. The summed E-state index contributed by atoms with van der Waals surface area (Å²) in [5.41, 5.74) is -1.10. The Balaban J connectivity index is 2.10. The predicted octanol–water partition coefficient (Wildman–Crippen LogP) is 1.17. The number of benzene rings is 1. The lowest BCUT2D eigenvalue weighted by Crippen LogP contribution is -2.47. The molecule has 9 nitrogen and oxygen atoms in total. The van der Waals surface area contributed by atoms with E-state index in [0.29, 0.717) is 30.1 Å². The fourth-order valence-corrected chi connectivity index (χ4v) is 2.54. The molecule has 1 fully saturated rings. The highest BCUT2D eigenvalue weighted by Crippen LogP contribution is 2.33. The van der Waals surface area contributed by atoms with Crippen molar-refractivity contribution in [2.45, 2.75) is 31.8 Å². The fourth-order valence-electron chi connectivity index (χ4n) is 2.54. The minimum absolute atomic E-state index is 0.00587. The lowest BCUT2D eigenvalue weighted by molar-refractivity contribution is -0.155. The number of ether oxygens (including phenoxy) is 1. The van der Waals surface area contributed by atoms with Gasteiger partial charge in [-0.05, 0) is 38.0 Å². The van der Waals surface area contributed by atoms with Crippen molar-refractivity contribution in [3.8, 4) is 5.75 Å². The third-order valence-corrected chi connectivity index (χ3v) is 4.10. The molecule has 1 heterocycles. The van der Waals surface area contributed by atoms with Crippen LogP contribution >= 0.6 is 0 Å². The van der Waals surface area contributed by atoms with Crippen LogP contribution in [0.1, 0.15) is 26.2 Å². The number of nitrogens with zero attached hydrogens (tertiary/aromatic N) is 1. The number of urea groups is 1. The quantitative estimate of drug-likeness (QED) is 0.599. The molecule has 0 spiro atoms. The number of carboxylic acids is 1. The zero-order chi connectivity index (χ0) is 19.3. The van der Waals surface area contributed by atoms with Gasteiger partial charge in [-0.25, -0.2) is 9.59 Å². The first-order chi connectivity index (χ1) is 12.2. The van der Waals surface area contributed by atoms with Gasteiger partial charge in [-0.2, -0.15) is 0 Å². The minimum atomic E-state index is -2.07. The monoisotopic (exact) mass is 365 g/mol. The predicted molar refractivity (Wildman–Crippen MR) is 94.5 cm³/mol. The highest BCUT2D eigenvalue weighted by Gasteiger charge is 2.30. The van der Waals surface area contributed by atoms with Crippen LogP contribution in [0, 0.1) is 0 Å². The summed E-state index contributed by atoms with van der Waals surface area (Å²) in [6, 6.07) is 4.19. The highest BCUT2D eigenvalue weighted by atomic mass is 16.5. The molecule has 142 valence electrons. The number of aliphatic carboxylic acids is 1. The van der Waals surface area contributed by atoms with E-state index >= 15 is 0 Å². The molecule has 1 aromatic rings. The molecule has 0 aliphatic carbocycles. The van der Waals surface area contributed by atoms with E-state index in [0.717, 1.165) is 19.8 Å². The first-order valence-corrected chi connectivity index (χ1v) is 8.23. The number of anilines is 2. The molecule has 0 aromatic heterocycles. The molecule has 1 unspecified atom stereocenters. The fraction of sp³-hybridized carbons (Fsp3) is 0.471. The summed E-state index contributed by atoms with van der Waals surface area (Å²) >= 11 is 0. The van der Waals surface area contributed by atoms with Gasteiger partial charge in [0, 0.05) is 18.7 Å². The second kappa shape index (κ2) is 8.05. The second-order valence-corrected chi connectivity index (χ2v) is 6.28. The van der Waals surface area contributed by atoms with Gasteiger partial charge in [-0.15, -0.1) is 0 Å². The first-order valence-electron chi connectivity index (χ1n) is 8.23. The standard InChI is InChI=1S/C17H23N3O6/c1-17(25,15(22)23)10-18-16(24)19-11-6-7-13(26-2)12(9-11)20-8-4-3-5-14(20)21/h6-7,9,25H,3-5,8,10H2,1-2H3,(H,22,23)(H2,18,19,24). The Morgan fingerprint density at radius 1 is 1.35 bits per heavy atom. The van der Waals surface area contributed by atoms with Gasteiger partial charge in [-0.1, -0.05) is 0 Å². The number of amides is 3. The van der Waals surface area contributed by atoms with Gasteiger partial charge in [0.1, 0.15) is 5.75 Å². The van der Waals surface area contributed by atoms with Gasteiger partial charge in [0.15, 0.2) is 5.60 Å². The Bertz CT molecular complexity index is 704. The number of carboxylic acid groups (broad SMARTS) is 1. The van der Waals surface area contributed by atoms with Crippen LogP contribution in [0.25, 0.3) is 0 Å². The van der Waals surface area contributed by atoms with Crippen molar-refractivity contribution in [3.63, 3.8) is 0 Å². The average Bonchev–Trinajstić information content (AvgIpc) is 2.60. The van der Waals surface area contributed by atoms with Crippen LogP contribution in [-0.4, -0.2) is 53.9 Å². The highest BCUT2D eigenvalue weighted by molar-refractivity contribution is 5.97.